The molecule has 29 heavy (non-hydrogen) atoms. The Kier molecular flexibility index (Phi) is 8.64. The Labute approximate surface area is 173 Å². The summed E-state index contributed by atoms with van der Waals surface area (Å²) in [6.07, 6.45) is 1.31. The van der Waals surface area contributed by atoms with E-state index in [0.717, 1.165) is 5.56 Å². The minimum absolute atomic E-state index is 0.0249. The van der Waals surface area contributed by atoms with Gasteiger partial charge in [-0.3, -0.25) is 14.4 Å². The molecule has 1 saturated heterocycles. The smallest absolute Gasteiger partial charge is 0.251 e. The first-order valence-corrected chi connectivity index (χ1v) is 10.2. The van der Waals surface area contributed by atoms with Crippen molar-refractivity contribution in [3.8, 4) is 0 Å². The number of benzene rings is 1. The Balaban J connectivity index is 2.07. The minimum Gasteiger partial charge on any atom is -0.375 e. The van der Waals surface area contributed by atoms with Gasteiger partial charge < -0.3 is 20.3 Å². The second-order valence-electron chi connectivity index (χ2n) is 8.11. The quantitative estimate of drug-likeness (QED) is 0.692. The van der Waals surface area contributed by atoms with Gasteiger partial charge in [0.05, 0.1) is 0 Å². The zero-order valence-electron chi connectivity index (χ0n) is 17.9. The summed E-state index contributed by atoms with van der Waals surface area (Å²) in [6.45, 7) is 7.75. The first-order valence-electron chi connectivity index (χ1n) is 10.2. The van der Waals surface area contributed by atoms with Crippen LogP contribution in [0.1, 0.15) is 42.6 Å². The average molecular weight is 404 g/mol. The number of nitrogens with zero attached hydrogens (tertiary/aromatic N) is 1. The van der Waals surface area contributed by atoms with Crippen molar-refractivity contribution in [3.63, 3.8) is 0 Å². The molecule has 2 N–H and O–H groups in total. The van der Waals surface area contributed by atoms with Gasteiger partial charge in [0.2, 0.25) is 11.8 Å². The van der Waals surface area contributed by atoms with Crippen molar-refractivity contribution < 1.29 is 19.1 Å². The molecule has 0 aliphatic carbocycles. The van der Waals surface area contributed by atoms with Crippen LogP contribution in [-0.2, 0) is 14.3 Å². The van der Waals surface area contributed by atoms with Crippen LogP contribution < -0.4 is 10.6 Å². The molecule has 7 heteroatoms. The predicted molar refractivity (Wildman–Crippen MR) is 111 cm³/mol. The van der Waals surface area contributed by atoms with E-state index in [1.807, 2.05) is 32.9 Å². The van der Waals surface area contributed by atoms with Crippen LogP contribution in [0.3, 0.4) is 0 Å². The summed E-state index contributed by atoms with van der Waals surface area (Å²) >= 11 is 0. The third-order valence-electron chi connectivity index (χ3n) is 5.20. The molecule has 0 bridgehead atoms. The van der Waals surface area contributed by atoms with Gasteiger partial charge in [0.25, 0.3) is 5.91 Å². The number of piperidine rings is 1. The summed E-state index contributed by atoms with van der Waals surface area (Å²) in [5, 5.41) is 5.88. The number of carbonyl (C=O) groups is 3. The number of rotatable bonds is 8. The molecule has 3 amide bonds. The van der Waals surface area contributed by atoms with Crippen LogP contribution in [0.15, 0.2) is 24.3 Å². The second-order valence-corrected chi connectivity index (χ2v) is 8.11. The number of carbonyl (C=O) groups excluding carboxylic acids is 3. The van der Waals surface area contributed by atoms with Gasteiger partial charge in [0, 0.05) is 32.3 Å². The fourth-order valence-corrected chi connectivity index (χ4v) is 3.44. The zero-order valence-corrected chi connectivity index (χ0v) is 17.9. The molecule has 0 saturated carbocycles. The van der Waals surface area contributed by atoms with Crippen molar-refractivity contribution in [1.82, 2.24) is 15.5 Å². The van der Waals surface area contributed by atoms with Gasteiger partial charge in [-0.05, 0) is 43.7 Å². The first kappa shape index (κ1) is 22.9. The maximum atomic E-state index is 12.9. The molecule has 7 nitrogen and oxygen atoms in total. The van der Waals surface area contributed by atoms with Crippen LogP contribution >= 0.6 is 0 Å². The van der Waals surface area contributed by atoms with Crippen LogP contribution in [0.5, 0.6) is 0 Å². The SMILES string of the molecule is COCC(=O)N1CCC([C@H](NC(=O)c2ccc(C)cc2)C(=O)NCC(C)C)CC1. The van der Waals surface area contributed by atoms with Gasteiger partial charge >= 0.3 is 0 Å². The van der Waals surface area contributed by atoms with Crippen molar-refractivity contribution >= 4 is 17.7 Å². The molecule has 1 fully saturated rings. The Morgan fingerprint density at radius 2 is 1.76 bits per heavy atom. The van der Waals surface area contributed by atoms with Crippen molar-refractivity contribution in [3.05, 3.63) is 35.4 Å². The summed E-state index contributed by atoms with van der Waals surface area (Å²) in [5.41, 5.74) is 1.60. The van der Waals surface area contributed by atoms with E-state index >= 15 is 0 Å². The second kappa shape index (κ2) is 11.0. The number of hydrogen-bond donors (Lipinski definition) is 2. The van der Waals surface area contributed by atoms with Gasteiger partial charge in [0.15, 0.2) is 0 Å². The fourth-order valence-electron chi connectivity index (χ4n) is 3.44. The molecule has 0 radical (unpaired) electrons. The Morgan fingerprint density at radius 3 is 2.31 bits per heavy atom. The Hall–Kier alpha value is -2.41. The molecular formula is C22H33N3O4. The van der Waals surface area contributed by atoms with Gasteiger partial charge in [0.1, 0.15) is 12.6 Å². The van der Waals surface area contributed by atoms with Gasteiger partial charge in [-0.1, -0.05) is 31.5 Å². The third kappa shape index (κ3) is 6.85. The van der Waals surface area contributed by atoms with E-state index in [9.17, 15) is 14.4 Å². The van der Waals surface area contributed by atoms with Crippen molar-refractivity contribution in [1.29, 1.82) is 0 Å². The number of nitrogens with one attached hydrogen (secondary N) is 2. The van der Waals surface area contributed by atoms with E-state index in [1.165, 1.54) is 7.11 Å². The topological polar surface area (TPSA) is 87.7 Å². The van der Waals surface area contributed by atoms with Crippen LogP contribution in [0.2, 0.25) is 0 Å². The van der Waals surface area contributed by atoms with Crippen LogP contribution in [0, 0.1) is 18.8 Å². The van der Waals surface area contributed by atoms with Crippen molar-refractivity contribution in [2.24, 2.45) is 11.8 Å². The molecule has 1 aliphatic rings. The summed E-state index contributed by atoms with van der Waals surface area (Å²) in [5.74, 6) is -0.173. The maximum Gasteiger partial charge on any atom is 0.251 e. The molecule has 1 aliphatic heterocycles. The highest BCUT2D eigenvalue weighted by Gasteiger charge is 2.33. The van der Waals surface area contributed by atoms with Crippen LogP contribution in [-0.4, -0.2) is 62.0 Å². The normalized spacial score (nSPS) is 15.8. The third-order valence-corrected chi connectivity index (χ3v) is 5.20. The van der Waals surface area contributed by atoms with E-state index in [0.29, 0.717) is 44.0 Å². The monoisotopic (exact) mass is 403 g/mol. The molecule has 1 heterocycles. The number of hydrogen-bond acceptors (Lipinski definition) is 4. The van der Waals surface area contributed by atoms with E-state index in [-0.39, 0.29) is 30.2 Å². The lowest BCUT2D eigenvalue weighted by Gasteiger charge is -2.35. The molecule has 0 spiro atoms. The predicted octanol–water partition coefficient (Wildman–Crippen LogP) is 1.75. The molecule has 160 valence electrons. The number of ether oxygens (including phenoxy) is 1. The van der Waals surface area contributed by atoms with Gasteiger partial charge in [-0.2, -0.15) is 0 Å². The number of methoxy groups -OCH3 is 1. The molecular weight excluding hydrogens is 370 g/mol. The first-order chi connectivity index (χ1) is 13.8. The highest BCUT2D eigenvalue weighted by atomic mass is 16.5. The highest BCUT2D eigenvalue weighted by Crippen LogP contribution is 2.22. The van der Waals surface area contributed by atoms with Crippen LogP contribution in [0.4, 0.5) is 0 Å². The summed E-state index contributed by atoms with van der Waals surface area (Å²) < 4.78 is 4.92. The number of amides is 3. The molecule has 0 aromatic heterocycles. The van der Waals surface area contributed by atoms with Crippen molar-refractivity contribution in [2.45, 2.75) is 39.7 Å². The Morgan fingerprint density at radius 1 is 1.14 bits per heavy atom. The van der Waals surface area contributed by atoms with E-state index in [1.54, 1.807) is 17.0 Å². The minimum atomic E-state index is -0.623. The van der Waals surface area contributed by atoms with Gasteiger partial charge in [-0.15, -0.1) is 0 Å². The number of aryl methyl sites for hydroxylation is 1. The molecule has 1 atom stereocenters. The zero-order chi connectivity index (χ0) is 21.4. The van der Waals surface area contributed by atoms with E-state index in [2.05, 4.69) is 10.6 Å². The van der Waals surface area contributed by atoms with E-state index < -0.39 is 6.04 Å². The average Bonchev–Trinajstić information content (AvgIpc) is 2.71. The summed E-state index contributed by atoms with van der Waals surface area (Å²) in [7, 11) is 1.50. The fraction of sp³-hybridized carbons (Fsp3) is 0.591. The molecule has 2 rings (SSSR count). The molecule has 1 aromatic carbocycles. The maximum absolute atomic E-state index is 12.9. The lowest BCUT2D eigenvalue weighted by atomic mass is 9.88. The number of likely N-dealkylation sites (tertiary alicyclic amines) is 1. The largest absolute Gasteiger partial charge is 0.375 e. The Bertz CT molecular complexity index is 695. The molecule has 0 unspecified atom stereocenters. The lowest BCUT2D eigenvalue weighted by Crippen LogP contribution is -2.54. The van der Waals surface area contributed by atoms with Crippen LogP contribution in [0.25, 0.3) is 0 Å². The summed E-state index contributed by atoms with van der Waals surface area (Å²) in [6, 6.07) is 6.66. The van der Waals surface area contributed by atoms with E-state index in [4.69, 9.17) is 4.74 Å². The van der Waals surface area contributed by atoms with Crippen molar-refractivity contribution in [2.75, 3.05) is 33.4 Å². The summed E-state index contributed by atoms with van der Waals surface area (Å²) in [4.78, 5) is 39.4. The highest BCUT2D eigenvalue weighted by molar-refractivity contribution is 5.97. The van der Waals surface area contributed by atoms with Gasteiger partial charge in [-0.25, -0.2) is 0 Å². The standard InChI is InChI=1S/C22H33N3O4/c1-15(2)13-23-22(28)20(24-21(27)18-7-5-16(3)6-8-18)17-9-11-25(12-10-17)19(26)14-29-4/h5-8,15,17,20H,9-14H2,1-4H3,(H,23,28)(H,24,27)/t20-/m0/s1. The lowest BCUT2D eigenvalue weighted by molar-refractivity contribution is -0.136. The molecule has 1 aromatic rings.